The Morgan fingerprint density at radius 3 is 2.33 bits per heavy atom. The molecule has 234 valence electrons. The SMILES string of the molecule is Nc1ccccc1NC(=O)CCCCC(=O)Nc1cccc([C@H]2O[C@@H](CSc3ncccn3)C[C@@H](c3ccc(CO)cc3)O2)c1. The summed E-state index contributed by atoms with van der Waals surface area (Å²) in [7, 11) is 0. The summed E-state index contributed by atoms with van der Waals surface area (Å²) in [6, 6.07) is 24.1. The van der Waals surface area contributed by atoms with E-state index in [0.29, 0.717) is 53.7 Å². The van der Waals surface area contributed by atoms with Crippen molar-refractivity contribution < 1.29 is 24.2 Å². The van der Waals surface area contributed by atoms with E-state index in [-0.39, 0.29) is 37.0 Å². The molecule has 3 atom stereocenters. The van der Waals surface area contributed by atoms with Gasteiger partial charge in [-0.2, -0.15) is 0 Å². The van der Waals surface area contributed by atoms with Crippen molar-refractivity contribution in [3.63, 3.8) is 0 Å². The molecule has 5 N–H and O–H groups in total. The molecular formula is C34H37N5O5S. The first kappa shape index (κ1) is 32.1. The number of benzene rings is 3. The van der Waals surface area contributed by atoms with Gasteiger partial charge in [0.1, 0.15) is 0 Å². The molecule has 45 heavy (non-hydrogen) atoms. The van der Waals surface area contributed by atoms with Gasteiger partial charge < -0.3 is 30.9 Å². The van der Waals surface area contributed by atoms with Crippen molar-refractivity contribution in [3.05, 3.63) is 108 Å². The standard InChI is InChI=1S/C34H37N5O5S/c35-28-9-1-2-10-29(28)39-32(42)12-4-3-11-31(41)38-26-8-5-7-25(19-26)33-43-27(22-45-34-36-17-6-18-37-34)20-30(44-33)24-15-13-23(21-40)14-16-24/h1-2,5-10,13-19,27,30,33,40H,3-4,11-12,20-22,35H2,(H,38,41)(H,39,42)/t27-,30+,33+/m1/s1. The van der Waals surface area contributed by atoms with Gasteiger partial charge in [-0.15, -0.1) is 0 Å². The maximum Gasteiger partial charge on any atom is 0.224 e. The number of ether oxygens (including phenoxy) is 2. The zero-order valence-corrected chi connectivity index (χ0v) is 25.6. The quantitative estimate of drug-likeness (QED) is 0.0604. The summed E-state index contributed by atoms with van der Waals surface area (Å²) < 4.78 is 12.8. The molecule has 5 rings (SSSR count). The van der Waals surface area contributed by atoms with Gasteiger partial charge in [0.15, 0.2) is 11.4 Å². The third-order valence-electron chi connectivity index (χ3n) is 7.29. The number of thioether (sulfide) groups is 1. The van der Waals surface area contributed by atoms with Crippen LogP contribution < -0.4 is 16.4 Å². The van der Waals surface area contributed by atoms with Crippen LogP contribution in [0, 0.1) is 0 Å². The van der Waals surface area contributed by atoms with E-state index in [1.807, 2.05) is 60.7 Å². The van der Waals surface area contributed by atoms with E-state index in [0.717, 1.165) is 16.7 Å². The number of aliphatic hydroxyl groups excluding tert-OH is 1. The summed E-state index contributed by atoms with van der Waals surface area (Å²) in [6.45, 7) is -0.0223. The van der Waals surface area contributed by atoms with Crippen LogP contribution in [0.15, 0.2) is 96.4 Å². The molecule has 0 saturated carbocycles. The van der Waals surface area contributed by atoms with Crippen LogP contribution in [-0.2, 0) is 25.7 Å². The Balaban J connectivity index is 1.17. The number of carbonyl (C=O) groups excluding carboxylic acids is 2. The number of unbranched alkanes of at least 4 members (excludes halogenated alkanes) is 1. The molecule has 3 aromatic carbocycles. The molecule has 2 amide bonds. The molecule has 0 spiro atoms. The molecule has 10 nitrogen and oxygen atoms in total. The molecular weight excluding hydrogens is 590 g/mol. The molecule has 0 aliphatic carbocycles. The molecule has 1 aromatic heterocycles. The van der Waals surface area contributed by atoms with Crippen molar-refractivity contribution in [1.82, 2.24) is 9.97 Å². The van der Waals surface area contributed by atoms with E-state index in [9.17, 15) is 14.7 Å². The van der Waals surface area contributed by atoms with E-state index in [4.69, 9.17) is 15.2 Å². The van der Waals surface area contributed by atoms with Gasteiger partial charge in [0.25, 0.3) is 0 Å². The lowest BCUT2D eigenvalue weighted by Gasteiger charge is -2.36. The van der Waals surface area contributed by atoms with E-state index >= 15 is 0 Å². The maximum atomic E-state index is 12.7. The summed E-state index contributed by atoms with van der Waals surface area (Å²) >= 11 is 1.53. The minimum Gasteiger partial charge on any atom is -0.397 e. The zero-order chi connectivity index (χ0) is 31.4. The fraction of sp³-hybridized carbons (Fsp3) is 0.294. The highest BCUT2D eigenvalue weighted by molar-refractivity contribution is 7.99. The van der Waals surface area contributed by atoms with Crippen LogP contribution >= 0.6 is 11.8 Å². The lowest BCUT2D eigenvalue weighted by atomic mass is 10.0. The molecule has 2 heterocycles. The predicted octanol–water partition coefficient (Wildman–Crippen LogP) is 6.03. The molecule has 11 heteroatoms. The van der Waals surface area contributed by atoms with E-state index in [1.54, 1.807) is 30.6 Å². The van der Waals surface area contributed by atoms with Crippen LogP contribution in [-0.4, -0.2) is 38.7 Å². The van der Waals surface area contributed by atoms with Crippen molar-refractivity contribution in [2.45, 2.75) is 62.4 Å². The number of para-hydroxylation sites is 2. The Labute approximate surface area is 266 Å². The number of carbonyl (C=O) groups is 2. The molecule has 4 aromatic rings. The van der Waals surface area contributed by atoms with Crippen molar-refractivity contribution in [2.24, 2.45) is 0 Å². The Bertz CT molecular complexity index is 1560. The summed E-state index contributed by atoms with van der Waals surface area (Å²) in [5, 5.41) is 15.9. The van der Waals surface area contributed by atoms with Gasteiger partial charge in [-0.25, -0.2) is 9.97 Å². The molecule has 0 bridgehead atoms. The van der Waals surface area contributed by atoms with Crippen LogP contribution in [0.1, 0.15) is 61.2 Å². The normalized spacial score (nSPS) is 17.8. The van der Waals surface area contributed by atoms with Crippen molar-refractivity contribution >= 4 is 40.6 Å². The van der Waals surface area contributed by atoms with E-state index in [2.05, 4.69) is 20.6 Å². The predicted molar refractivity (Wildman–Crippen MR) is 174 cm³/mol. The molecule has 1 saturated heterocycles. The second-order valence-electron chi connectivity index (χ2n) is 10.7. The average molecular weight is 628 g/mol. The van der Waals surface area contributed by atoms with Crippen molar-refractivity contribution in [3.8, 4) is 0 Å². The molecule has 0 radical (unpaired) electrons. The Kier molecular flexibility index (Phi) is 11.5. The smallest absolute Gasteiger partial charge is 0.224 e. The van der Waals surface area contributed by atoms with Crippen molar-refractivity contribution in [1.29, 1.82) is 0 Å². The van der Waals surface area contributed by atoms with Gasteiger partial charge in [0.2, 0.25) is 11.8 Å². The van der Waals surface area contributed by atoms with Crippen LogP contribution in [0.2, 0.25) is 0 Å². The van der Waals surface area contributed by atoms with Gasteiger partial charge in [-0.3, -0.25) is 9.59 Å². The average Bonchev–Trinajstić information content (AvgIpc) is 3.07. The minimum atomic E-state index is -0.655. The Morgan fingerprint density at radius 2 is 1.60 bits per heavy atom. The number of hydrogen-bond acceptors (Lipinski definition) is 9. The van der Waals surface area contributed by atoms with Crippen LogP contribution in [0.25, 0.3) is 0 Å². The number of nitrogens with one attached hydrogen (secondary N) is 2. The topological polar surface area (TPSA) is 149 Å². The Hall–Kier alpha value is -4.29. The Morgan fingerprint density at radius 1 is 0.867 bits per heavy atom. The number of anilines is 3. The fourth-order valence-corrected chi connectivity index (χ4v) is 5.75. The number of amides is 2. The third-order valence-corrected chi connectivity index (χ3v) is 8.30. The first-order valence-corrected chi connectivity index (χ1v) is 15.9. The molecule has 0 unspecified atom stereocenters. The second kappa shape index (κ2) is 16.1. The van der Waals surface area contributed by atoms with Gasteiger partial charge in [0, 0.05) is 48.7 Å². The number of rotatable bonds is 13. The maximum absolute atomic E-state index is 12.7. The van der Waals surface area contributed by atoms with Gasteiger partial charge in [0.05, 0.1) is 30.2 Å². The monoisotopic (exact) mass is 627 g/mol. The number of aliphatic hydroxyl groups is 1. The number of aromatic nitrogens is 2. The first-order valence-electron chi connectivity index (χ1n) is 14.9. The summed E-state index contributed by atoms with van der Waals surface area (Å²) in [6.07, 6.45) is 4.77. The number of nitrogen functional groups attached to an aromatic ring is 1. The van der Waals surface area contributed by atoms with Crippen LogP contribution in [0.4, 0.5) is 17.1 Å². The third kappa shape index (κ3) is 9.60. The zero-order valence-electron chi connectivity index (χ0n) is 24.8. The minimum absolute atomic E-state index is 0.0223. The van der Waals surface area contributed by atoms with Crippen LogP contribution in [0.3, 0.4) is 0 Å². The lowest BCUT2D eigenvalue weighted by molar-refractivity contribution is -0.245. The fourth-order valence-electron chi connectivity index (χ4n) is 4.93. The van der Waals surface area contributed by atoms with Gasteiger partial charge in [-0.1, -0.05) is 60.3 Å². The highest BCUT2D eigenvalue weighted by atomic mass is 32.2. The summed E-state index contributed by atoms with van der Waals surface area (Å²) in [5.41, 5.74) is 10.2. The lowest BCUT2D eigenvalue weighted by Crippen LogP contribution is -2.31. The van der Waals surface area contributed by atoms with E-state index < -0.39 is 6.29 Å². The second-order valence-corrected chi connectivity index (χ2v) is 11.7. The molecule has 1 aliphatic rings. The summed E-state index contributed by atoms with van der Waals surface area (Å²) in [5.74, 6) is 0.371. The highest BCUT2D eigenvalue weighted by Crippen LogP contribution is 2.39. The largest absolute Gasteiger partial charge is 0.397 e. The molecule has 1 fully saturated rings. The molecule has 1 aliphatic heterocycles. The summed E-state index contributed by atoms with van der Waals surface area (Å²) in [4.78, 5) is 33.6. The van der Waals surface area contributed by atoms with Gasteiger partial charge in [-0.05, 0) is 54.3 Å². The highest BCUT2D eigenvalue weighted by Gasteiger charge is 2.32. The van der Waals surface area contributed by atoms with Crippen LogP contribution in [0.5, 0.6) is 0 Å². The number of nitrogens with zero attached hydrogens (tertiary/aromatic N) is 2. The number of hydrogen-bond donors (Lipinski definition) is 4. The number of nitrogens with two attached hydrogens (primary N) is 1. The van der Waals surface area contributed by atoms with E-state index in [1.165, 1.54) is 11.8 Å². The van der Waals surface area contributed by atoms with Gasteiger partial charge >= 0.3 is 0 Å². The van der Waals surface area contributed by atoms with Crippen molar-refractivity contribution in [2.75, 3.05) is 22.1 Å². The first-order chi connectivity index (χ1) is 22.0.